The van der Waals surface area contributed by atoms with Crippen molar-refractivity contribution in [1.29, 1.82) is 0 Å². The fourth-order valence-corrected chi connectivity index (χ4v) is 3.89. The van der Waals surface area contributed by atoms with Crippen LogP contribution in [0.5, 0.6) is 5.75 Å². The smallest absolute Gasteiger partial charge is 0.267 e. The second-order valence-electron chi connectivity index (χ2n) is 6.22. The van der Waals surface area contributed by atoms with Crippen LogP contribution in [0.15, 0.2) is 55.1 Å². The number of aryl methyl sites for hydroxylation is 1. The maximum Gasteiger partial charge on any atom is 0.267 e. The SMILES string of the molecule is Cc1nc(COc2ccc(Cl)cc2)sc1C(=O)Nc1cc(Cl)ccc1-n1cncn1. The molecule has 7 nitrogen and oxygen atoms in total. The number of benzene rings is 2. The number of hydrogen-bond donors (Lipinski definition) is 1. The molecule has 0 fully saturated rings. The number of carbonyl (C=O) groups is 1. The monoisotopic (exact) mass is 459 g/mol. The van der Waals surface area contributed by atoms with Crippen molar-refractivity contribution in [1.82, 2.24) is 19.7 Å². The van der Waals surface area contributed by atoms with E-state index in [0.717, 1.165) is 0 Å². The number of carbonyl (C=O) groups excluding carboxylic acids is 1. The van der Waals surface area contributed by atoms with Gasteiger partial charge in [-0.1, -0.05) is 23.2 Å². The molecule has 0 unspecified atom stereocenters. The molecule has 0 aliphatic carbocycles. The van der Waals surface area contributed by atoms with E-state index in [1.807, 2.05) is 0 Å². The maximum atomic E-state index is 12.9. The number of nitrogens with one attached hydrogen (secondary N) is 1. The molecular weight excluding hydrogens is 445 g/mol. The van der Waals surface area contributed by atoms with Crippen molar-refractivity contribution < 1.29 is 9.53 Å². The highest BCUT2D eigenvalue weighted by atomic mass is 35.5. The van der Waals surface area contributed by atoms with Crippen molar-refractivity contribution in [2.45, 2.75) is 13.5 Å². The molecule has 30 heavy (non-hydrogen) atoms. The predicted molar refractivity (Wildman–Crippen MR) is 117 cm³/mol. The second kappa shape index (κ2) is 8.83. The highest BCUT2D eigenvalue weighted by Gasteiger charge is 2.18. The fraction of sp³-hybridized carbons (Fsp3) is 0.100. The van der Waals surface area contributed by atoms with Gasteiger partial charge in [-0.2, -0.15) is 5.10 Å². The first-order valence-corrected chi connectivity index (χ1v) is 10.4. The number of rotatable bonds is 6. The minimum Gasteiger partial charge on any atom is -0.486 e. The van der Waals surface area contributed by atoms with Gasteiger partial charge >= 0.3 is 0 Å². The zero-order valence-corrected chi connectivity index (χ0v) is 18.0. The molecular formula is C20H15Cl2N5O2S. The molecule has 2 heterocycles. The van der Waals surface area contributed by atoms with Crippen LogP contribution in [0.2, 0.25) is 10.0 Å². The summed E-state index contributed by atoms with van der Waals surface area (Å²) in [4.78, 5) is 21.8. The Labute approximate surface area is 186 Å². The number of hydrogen-bond acceptors (Lipinski definition) is 6. The molecule has 0 spiro atoms. The number of halogens is 2. The summed E-state index contributed by atoms with van der Waals surface area (Å²) in [6, 6.07) is 12.2. The summed E-state index contributed by atoms with van der Waals surface area (Å²) in [7, 11) is 0. The standard InChI is InChI=1S/C20H15Cl2N5O2S/c1-12-19(30-18(25-12)9-29-15-5-2-13(21)3-6-15)20(28)26-16-8-14(22)4-7-17(16)27-11-23-10-24-27/h2-8,10-11H,9H2,1H3,(H,26,28). The van der Waals surface area contributed by atoms with Gasteiger partial charge in [0.05, 0.1) is 17.1 Å². The minimum absolute atomic E-state index is 0.252. The lowest BCUT2D eigenvalue weighted by Crippen LogP contribution is -2.14. The van der Waals surface area contributed by atoms with Crippen molar-refractivity contribution in [3.63, 3.8) is 0 Å². The molecule has 0 atom stereocenters. The molecule has 2 aromatic heterocycles. The van der Waals surface area contributed by atoms with E-state index in [9.17, 15) is 4.79 Å². The number of anilines is 1. The zero-order valence-electron chi connectivity index (χ0n) is 15.7. The quantitative estimate of drug-likeness (QED) is 0.429. The van der Waals surface area contributed by atoms with Gasteiger partial charge < -0.3 is 10.1 Å². The van der Waals surface area contributed by atoms with Gasteiger partial charge in [-0.25, -0.2) is 14.6 Å². The molecule has 2 aromatic carbocycles. The molecule has 0 aliphatic rings. The first-order chi connectivity index (χ1) is 14.5. The normalized spacial score (nSPS) is 10.8. The van der Waals surface area contributed by atoms with E-state index in [-0.39, 0.29) is 12.5 Å². The Morgan fingerprint density at radius 3 is 2.67 bits per heavy atom. The van der Waals surface area contributed by atoms with E-state index in [2.05, 4.69) is 20.4 Å². The summed E-state index contributed by atoms with van der Waals surface area (Å²) in [5, 5.41) is 8.83. The van der Waals surface area contributed by atoms with Crippen LogP contribution in [-0.4, -0.2) is 25.7 Å². The minimum atomic E-state index is -0.286. The Bertz CT molecular complexity index is 1180. The van der Waals surface area contributed by atoms with Crippen molar-refractivity contribution in [3.05, 3.63) is 80.7 Å². The zero-order chi connectivity index (χ0) is 21.1. The van der Waals surface area contributed by atoms with E-state index in [1.165, 1.54) is 17.7 Å². The number of nitrogens with zero attached hydrogens (tertiary/aromatic N) is 4. The Balaban J connectivity index is 1.51. The lowest BCUT2D eigenvalue weighted by molar-refractivity contribution is 0.103. The van der Waals surface area contributed by atoms with Crippen LogP contribution in [0.1, 0.15) is 20.4 Å². The lowest BCUT2D eigenvalue weighted by atomic mass is 10.2. The third-order valence-corrected chi connectivity index (χ3v) is 5.71. The van der Waals surface area contributed by atoms with Crippen LogP contribution in [-0.2, 0) is 6.61 Å². The molecule has 1 amide bonds. The van der Waals surface area contributed by atoms with Crippen molar-refractivity contribution in [3.8, 4) is 11.4 Å². The average molecular weight is 460 g/mol. The average Bonchev–Trinajstić information content (AvgIpc) is 3.37. The van der Waals surface area contributed by atoms with Crippen LogP contribution in [0.3, 0.4) is 0 Å². The number of ether oxygens (including phenoxy) is 1. The molecule has 10 heteroatoms. The van der Waals surface area contributed by atoms with E-state index in [1.54, 1.807) is 60.4 Å². The van der Waals surface area contributed by atoms with Gasteiger partial charge in [-0.3, -0.25) is 4.79 Å². The summed E-state index contributed by atoms with van der Waals surface area (Å²) in [6.45, 7) is 2.04. The summed E-state index contributed by atoms with van der Waals surface area (Å²) < 4.78 is 7.27. The Hall–Kier alpha value is -2.94. The second-order valence-corrected chi connectivity index (χ2v) is 8.18. The molecule has 0 radical (unpaired) electrons. The first-order valence-electron chi connectivity index (χ1n) is 8.80. The van der Waals surface area contributed by atoms with E-state index in [4.69, 9.17) is 27.9 Å². The van der Waals surface area contributed by atoms with Crippen LogP contribution in [0.25, 0.3) is 5.69 Å². The summed E-state index contributed by atoms with van der Waals surface area (Å²) in [5.74, 6) is 0.390. The third-order valence-electron chi connectivity index (χ3n) is 4.10. The van der Waals surface area contributed by atoms with Crippen molar-refractivity contribution in [2.75, 3.05) is 5.32 Å². The molecule has 4 aromatic rings. The predicted octanol–water partition coefficient (Wildman–Crippen LogP) is 5.17. The highest BCUT2D eigenvalue weighted by Crippen LogP contribution is 2.27. The Kier molecular flexibility index (Phi) is 5.98. The first kappa shape index (κ1) is 20.3. The van der Waals surface area contributed by atoms with Gasteiger partial charge in [-0.05, 0) is 49.4 Å². The molecule has 0 saturated heterocycles. The molecule has 1 N–H and O–H groups in total. The largest absolute Gasteiger partial charge is 0.486 e. The third kappa shape index (κ3) is 4.62. The molecule has 0 aliphatic heterocycles. The number of thiazole rings is 1. The molecule has 0 bridgehead atoms. The van der Waals surface area contributed by atoms with Crippen LogP contribution >= 0.6 is 34.5 Å². The highest BCUT2D eigenvalue weighted by molar-refractivity contribution is 7.13. The van der Waals surface area contributed by atoms with Gasteiger partial charge in [0.15, 0.2) is 0 Å². The Morgan fingerprint density at radius 1 is 1.17 bits per heavy atom. The summed E-state index contributed by atoms with van der Waals surface area (Å²) in [5.41, 5.74) is 1.79. The maximum absolute atomic E-state index is 12.9. The lowest BCUT2D eigenvalue weighted by Gasteiger charge is -2.11. The number of amides is 1. The summed E-state index contributed by atoms with van der Waals surface area (Å²) >= 11 is 13.3. The van der Waals surface area contributed by atoms with E-state index in [0.29, 0.717) is 42.7 Å². The number of aromatic nitrogens is 4. The van der Waals surface area contributed by atoms with Gasteiger partial charge in [0.25, 0.3) is 5.91 Å². The van der Waals surface area contributed by atoms with Crippen LogP contribution in [0.4, 0.5) is 5.69 Å². The molecule has 4 rings (SSSR count). The topological polar surface area (TPSA) is 81.9 Å². The van der Waals surface area contributed by atoms with E-state index >= 15 is 0 Å². The van der Waals surface area contributed by atoms with E-state index < -0.39 is 0 Å². The van der Waals surface area contributed by atoms with Crippen molar-refractivity contribution >= 4 is 46.1 Å². The van der Waals surface area contributed by atoms with Gasteiger partial charge in [-0.15, -0.1) is 11.3 Å². The van der Waals surface area contributed by atoms with Gasteiger partial charge in [0, 0.05) is 10.0 Å². The van der Waals surface area contributed by atoms with Crippen LogP contribution < -0.4 is 10.1 Å². The summed E-state index contributed by atoms with van der Waals surface area (Å²) in [6.07, 6.45) is 2.96. The van der Waals surface area contributed by atoms with Crippen LogP contribution in [0, 0.1) is 6.92 Å². The molecule has 152 valence electrons. The van der Waals surface area contributed by atoms with Gasteiger partial charge in [0.2, 0.25) is 0 Å². The Morgan fingerprint density at radius 2 is 1.93 bits per heavy atom. The molecule has 0 saturated carbocycles. The van der Waals surface area contributed by atoms with Crippen molar-refractivity contribution in [2.24, 2.45) is 0 Å². The van der Waals surface area contributed by atoms with Gasteiger partial charge in [0.1, 0.15) is 34.9 Å². The fourth-order valence-electron chi connectivity index (χ4n) is 2.72.